The van der Waals surface area contributed by atoms with Crippen molar-refractivity contribution < 1.29 is 19.7 Å². The highest BCUT2D eigenvalue weighted by molar-refractivity contribution is 6.60. The predicted molar refractivity (Wildman–Crippen MR) is 65.1 cm³/mol. The zero-order valence-corrected chi connectivity index (χ0v) is 9.79. The lowest BCUT2D eigenvalue weighted by atomic mass is 9.79. The van der Waals surface area contributed by atoms with E-state index in [0.29, 0.717) is 0 Å². The second-order valence-electron chi connectivity index (χ2n) is 4.11. The van der Waals surface area contributed by atoms with Crippen LogP contribution in [0, 0.1) is 0 Å². The molecule has 0 aliphatic heterocycles. The van der Waals surface area contributed by atoms with Gasteiger partial charge in [0.15, 0.2) is 0 Å². The summed E-state index contributed by atoms with van der Waals surface area (Å²) >= 11 is 0. The Morgan fingerprint density at radius 1 is 1.12 bits per heavy atom. The highest BCUT2D eigenvalue weighted by Crippen LogP contribution is 2.07. The topological polar surface area (TPSA) is 69.9 Å². The van der Waals surface area contributed by atoms with Crippen LogP contribution in [-0.4, -0.2) is 35.5 Å². The van der Waals surface area contributed by atoms with Crippen molar-refractivity contribution in [3.05, 3.63) is 30.3 Å². The molecule has 0 atom stereocenters. The average Bonchev–Trinajstić information content (AvgIpc) is 2.18. The fourth-order valence-corrected chi connectivity index (χ4v) is 1.02. The first-order valence-electron chi connectivity index (χ1n) is 4.91. The number of benzene rings is 1. The van der Waals surface area contributed by atoms with Crippen molar-refractivity contribution in [2.45, 2.75) is 26.4 Å². The van der Waals surface area contributed by atoms with E-state index in [2.05, 4.69) is 0 Å². The van der Waals surface area contributed by atoms with Crippen LogP contribution in [-0.2, 0) is 4.65 Å². The van der Waals surface area contributed by atoms with Crippen LogP contribution in [0.1, 0.15) is 20.8 Å². The highest BCUT2D eigenvalue weighted by atomic mass is 16.5. The molecule has 0 heterocycles. The van der Waals surface area contributed by atoms with Crippen molar-refractivity contribution in [2.75, 3.05) is 0 Å². The fourth-order valence-electron chi connectivity index (χ4n) is 1.02. The van der Waals surface area contributed by atoms with E-state index in [-0.39, 0.29) is 13.3 Å². The number of hydrogen-bond donors (Lipinski definition) is 3. The molecule has 4 nitrogen and oxygen atoms in total. The molecule has 0 aliphatic carbocycles. The Morgan fingerprint density at radius 3 is 1.94 bits per heavy atom. The summed E-state index contributed by atoms with van der Waals surface area (Å²) in [7, 11) is -0.832. The van der Waals surface area contributed by atoms with Crippen molar-refractivity contribution in [1.29, 1.82) is 0 Å². The van der Waals surface area contributed by atoms with Gasteiger partial charge in [-0.05, 0) is 26.2 Å². The maximum Gasteiger partial charge on any atom is 0.491 e. The summed E-state index contributed by atoms with van der Waals surface area (Å²) in [5.74, 6) is 0. The Morgan fingerprint density at radius 2 is 1.56 bits per heavy atom. The fraction of sp³-hybridized carbons (Fsp3) is 0.400. The van der Waals surface area contributed by atoms with Gasteiger partial charge in [-0.15, -0.1) is 0 Å². The van der Waals surface area contributed by atoms with Gasteiger partial charge in [0.2, 0.25) is 0 Å². The van der Waals surface area contributed by atoms with Crippen LogP contribution in [0.25, 0.3) is 0 Å². The van der Waals surface area contributed by atoms with Crippen LogP contribution < -0.4 is 5.46 Å². The van der Waals surface area contributed by atoms with Crippen LogP contribution in [0.5, 0.6) is 0 Å². The quantitative estimate of drug-likeness (QED) is 0.601. The molecular formula is C10H17B2O4. The summed E-state index contributed by atoms with van der Waals surface area (Å²) in [4.78, 5) is 0. The monoisotopic (exact) mass is 223 g/mol. The second-order valence-corrected chi connectivity index (χ2v) is 4.11. The van der Waals surface area contributed by atoms with Gasteiger partial charge in [0.25, 0.3) is 0 Å². The first-order chi connectivity index (χ1) is 7.40. The van der Waals surface area contributed by atoms with Gasteiger partial charge in [0, 0.05) is 5.60 Å². The number of hydrogen-bond acceptors (Lipinski definition) is 4. The normalized spacial score (nSPS) is 10.1. The van der Waals surface area contributed by atoms with Gasteiger partial charge in [-0.1, -0.05) is 30.3 Å². The molecule has 0 saturated carbocycles. The molecule has 0 unspecified atom stereocenters. The van der Waals surface area contributed by atoms with E-state index < -0.39 is 7.12 Å². The molecule has 1 aromatic carbocycles. The first-order valence-corrected chi connectivity index (χ1v) is 4.91. The molecule has 6 heteroatoms. The molecule has 0 fully saturated rings. The van der Waals surface area contributed by atoms with Crippen LogP contribution in [0.15, 0.2) is 30.3 Å². The standard InChI is InChI=1S/C10H15BO2.BH2O2/c1-10(2,3)13-11(12)9-7-5-4-6-8-9;2-1-3/h4-8,12H,1-3H3;2-3H. The summed E-state index contributed by atoms with van der Waals surface area (Å²) in [5.41, 5.74) is 0.465. The van der Waals surface area contributed by atoms with Crippen molar-refractivity contribution in [3.63, 3.8) is 0 Å². The van der Waals surface area contributed by atoms with E-state index in [1.165, 1.54) is 0 Å². The Bertz CT molecular complexity index is 274. The third-order valence-corrected chi connectivity index (χ3v) is 1.55. The third kappa shape index (κ3) is 7.48. The van der Waals surface area contributed by atoms with Gasteiger partial charge in [-0.3, -0.25) is 0 Å². The van der Waals surface area contributed by atoms with Gasteiger partial charge in [0.05, 0.1) is 0 Å². The molecule has 16 heavy (non-hydrogen) atoms. The minimum absolute atomic E-state index is 0. The molecule has 0 aliphatic rings. The van der Waals surface area contributed by atoms with Crippen LogP contribution in [0.2, 0.25) is 0 Å². The maximum absolute atomic E-state index is 9.63. The Hall–Kier alpha value is -0.810. The molecule has 87 valence electrons. The van der Waals surface area contributed by atoms with E-state index in [1.807, 2.05) is 51.1 Å². The van der Waals surface area contributed by atoms with E-state index in [1.54, 1.807) is 0 Å². The van der Waals surface area contributed by atoms with Crippen LogP contribution in [0.4, 0.5) is 0 Å². The van der Waals surface area contributed by atoms with Gasteiger partial charge in [-0.2, -0.15) is 0 Å². The molecule has 0 saturated heterocycles. The predicted octanol–water partition coefficient (Wildman–Crippen LogP) is -0.306. The minimum atomic E-state index is -0.832. The Kier molecular flexibility index (Phi) is 7.08. The first kappa shape index (κ1) is 15.2. The summed E-state index contributed by atoms with van der Waals surface area (Å²) in [5, 5.41) is 23.6. The lowest BCUT2D eigenvalue weighted by molar-refractivity contribution is 0.107. The van der Waals surface area contributed by atoms with Gasteiger partial charge in [-0.25, -0.2) is 0 Å². The average molecular weight is 223 g/mol. The largest absolute Gasteiger partial charge is 0.491 e. The molecular weight excluding hydrogens is 206 g/mol. The molecule has 3 N–H and O–H groups in total. The van der Waals surface area contributed by atoms with E-state index in [9.17, 15) is 5.02 Å². The van der Waals surface area contributed by atoms with Crippen molar-refractivity contribution in [1.82, 2.24) is 0 Å². The minimum Gasteiger partial charge on any atom is -0.429 e. The molecule has 0 bridgehead atoms. The SMILES string of the molecule is CC(C)(C)OB(O)c1ccccc1.O[B]O. The summed E-state index contributed by atoms with van der Waals surface area (Å²) < 4.78 is 5.38. The van der Waals surface area contributed by atoms with Gasteiger partial charge >= 0.3 is 14.8 Å². The molecule has 1 rings (SSSR count). The van der Waals surface area contributed by atoms with Crippen LogP contribution >= 0.6 is 0 Å². The smallest absolute Gasteiger partial charge is 0.429 e. The lowest BCUT2D eigenvalue weighted by Gasteiger charge is -2.22. The second kappa shape index (κ2) is 7.46. The molecule has 1 aromatic rings. The summed E-state index contributed by atoms with van der Waals surface area (Å²) in [6.07, 6.45) is 0. The molecule has 0 aromatic heterocycles. The van der Waals surface area contributed by atoms with Gasteiger partial charge < -0.3 is 19.7 Å². The van der Waals surface area contributed by atoms with E-state index in [0.717, 1.165) is 5.46 Å². The third-order valence-electron chi connectivity index (χ3n) is 1.55. The zero-order chi connectivity index (χ0) is 12.6. The molecule has 1 radical (unpaired) electrons. The highest BCUT2D eigenvalue weighted by Gasteiger charge is 2.23. The van der Waals surface area contributed by atoms with Crippen LogP contribution in [0.3, 0.4) is 0 Å². The van der Waals surface area contributed by atoms with Crippen molar-refractivity contribution >= 4 is 20.3 Å². The van der Waals surface area contributed by atoms with E-state index >= 15 is 0 Å². The number of rotatable bonds is 2. The Labute approximate surface area is 97.3 Å². The van der Waals surface area contributed by atoms with E-state index in [4.69, 9.17) is 14.7 Å². The Balaban J connectivity index is 0.000000673. The van der Waals surface area contributed by atoms with Crippen molar-refractivity contribution in [2.24, 2.45) is 0 Å². The maximum atomic E-state index is 9.63. The molecule has 0 amide bonds. The van der Waals surface area contributed by atoms with Crippen molar-refractivity contribution in [3.8, 4) is 0 Å². The summed E-state index contributed by atoms with van der Waals surface area (Å²) in [6.45, 7) is 5.75. The summed E-state index contributed by atoms with van der Waals surface area (Å²) in [6, 6.07) is 9.36. The van der Waals surface area contributed by atoms with Gasteiger partial charge in [0.1, 0.15) is 0 Å². The zero-order valence-electron chi connectivity index (χ0n) is 9.79. The molecule has 0 spiro atoms. The lowest BCUT2D eigenvalue weighted by Crippen LogP contribution is -2.40.